The van der Waals surface area contributed by atoms with Crippen molar-refractivity contribution in [1.82, 2.24) is 0 Å². The first-order valence-corrected chi connectivity index (χ1v) is 7.64. The fourth-order valence-corrected chi connectivity index (χ4v) is 3.21. The zero-order chi connectivity index (χ0) is 14.9. The number of anilines is 2. The topological polar surface area (TPSA) is 47.4 Å². The SMILES string of the molecule is C[CH-]c1ccc(N(C)C(C)=O)cc1N1C(=N)SC[C]1=[Co]. The molecule has 0 unspecified atom stereocenters. The molecule has 1 fully saturated rings. The minimum absolute atomic E-state index is 0.0235. The van der Waals surface area contributed by atoms with Gasteiger partial charge in [-0.05, 0) is 0 Å². The van der Waals surface area contributed by atoms with Gasteiger partial charge in [-0.3, -0.25) is 0 Å². The molecule has 2 rings (SSSR count). The summed E-state index contributed by atoms with van der Waals surface area (Å²) >= 11 is 5.96. The normalized spacial score (nSPS) is 14.7. The summed E-state index contributed by atoms with van der Waals surface area (Å²) in [7, 11) is 1.74. The van der Waals surface area contributed by atoms with E-state index in [2.05, 4.69) is 15.3 Å². The van der Waals surface area contributed by atoms with Crippen molar-refractivity contribution < 1.29 is 20.1 Å². The molecule has 1 saturated heterocycles. The number of rotatable bonds is 3. The van der Waals surface area contributed by atoms with Gasteiger partial charge in [0.05, 0.1) is 0 Å². The van der Waals surface area contributed by atoms with Crippen LogP contribution in [0.4, 0.5) is 11.4 Å². The third-order valence-electron chi connectivity index (χ3n) is 3.18. The van der Waals surface area contributed by atoms with Crippen molar-refractivity contribution in [1.29, 1.82) is 5.41 Å². The van der Waals surface area contributed by atoms with Crippen LogP contribution in [-0.4, -0.2) is 28.5 Å². The van der Waals surface area contributed by atoms with Gasteiger partial charge in [0, 0.05) is 0 Å². The number of benzene rings is 1. The van der Waals surface area contributed by atoms with Crippen molar-refractivity contribution in [3.8, 4) is 0 Å². The third-order valence-corrected chi connectivity index (χ3v) is 4.69. The Bertz CT molecular complexity index is 572. The number of nitrogens with one attached hydrogen (secondary N) is 1. The van der Waals surface area contributed by atoms with Crippen molar-refractivity contribution in [2.45, 2.75) is 13.8 Å². The quantitative estimate of drug-likeness (QED) is 0.864. The first-order valence-electron chi connectivity index (χ1n) is 6.14. The molecular weight excluding hydrogens is 317 g/mol. The van der Waals surface area contributed by atoms with E-state index in [0.29, 0.717) is 10.9 Å². The molecule has 1 aliphatic heterocycles. The predicted molar refractivity (Wildman–Crippen MR) is 82.3 cm³/mol. The monoisotopic (exact) mass is 333 g/mol. The van der Waals surface area contributed by atoms with E-state index in [1.807, 2.05) is 36.4 Å². The van der Waals surface area contributed by atoms with Crippen LogP contribution in [-0.2, 0) is 20.1 Å². The van der Waals surface area contributed by atoms with Crippen LogP contribution in [0.5, 0.6) is 0 Å². The molecule has 1 aromatic carbocycles. The van der Waals surface area contributed by atoms with Crippen molar-refractivity contribution >= 4 is 38.8 Å². The number of hydrogen-bond donors (Lipinski definition) is 1. The second-order valence-corrected chi connectivity index (χ2v) is 5.95. The van der Waals surface area contributed by atoms with Crippen LogP contribution in [0.25, 0.3) is 0 Å². The Morgan fingerprint density at radius 1 is 1.55 bits per heavy atom. The van der Waals surface area contributed by atoms with E-state index in [1.54, 1.807) is 11.9 Å². The van der Waals surface area contributed by atoms with E-state index in [9.17, 15) is 4.79 Å². The van der Waals surface area contributed by atoms with Crippen LogP contribution in [0.1, 0.15) is 19.4 Å². The van der Waals surface area contributed by atoms with Gasteiger partial charge in [0.1, 0.15) is 0 Å². The zero-order valence-electron chi connectivity index (χ0n) is 11.6. The Balaban J connectivity index is 2.49. The minimum atomic E-state index is -0.0235. The van der Waals surface area contributed by atoms with Gasteiger partial charge in [-0.2, -0.15) is 0 Å². The second kappa shape index (κ2) is 6.03. The number of amidine groups is 1. The molecule has 0 radical (unpaired) electrons. The summed E-state index contributed by atoms with van der Waals surface area (Å²) in [5.41, 5.74) is 2.71. The summed E-state index contributed by atoms with van der Waals surface area (Å²) in [6.07, 6.45) is 1.99. The predicted octanol–water partition coefficient (Wildman–Crippen LogP) is 2.41. The van der Waals surface area contributed by atoms with Crippen LogP contribution >= 0.6 is 11.8 Å². The van der Waals surface area contributed by atoms with Gasteiger partial charge < -0.3 is 0 Å². The summed E-state index contributed by atoms with van der Waals surface area (Å²) in [6, 6.07) is 5.79. The van der Waals surface area contributed by atoms with Gasteiger partial charge in [0.2, 0.25) is 0 Å². The van der Waals surface area contributed by atoms with Crippen LogP contribution in [0.15, 0.2) is 18.2 Å². The average molecular weight is 333 g/mol. The fourth-order valence-electron chi connectivity index (χ4n) is 1.95. The van der Waals surface area contributed by atoms with E-state index in [-0.39, 0.29) is 5.91 Å². The molecule has 109 valence electrons. The number of thioether (sulfide) groups is 1. The Morgan fingerprint density at radius 3 is 2.75 bits per heavy atom. The molecule has 0 bridgehead atoms. The van der Waals surface area contributed by atoms with Gasteiger partial charge in [-0.1, -0.05) is 0 Å². The molecule has 1 N–H and O–H groups in total. The molecule has 0 atom stereocenters. The van der Waals surface area contributed by atoms with Gasteiger partial charge in [0.15, 0.2) is 0 Å². The Labute approximate surface area is 131 Å². The van der Waals surface area contributed by atoms with E-state index >= 15 is 0 Å². The van der Waals surface area contributed by atoms with E-state index < -0.39 is 0 Å². The van der Waals surface area contributed by atoms with Gasteiger partial charge in [0.25, 0.3) is 0 Å². The third kappa shape index (κ3) is 2.77. The molecule has 1 aliphatic rings. The van der Waals surface area contributed by atoms with Crippen LogP contribution in [0, 0.1) is 11.8 Å². The van der Waals surface area contributed by atoms with Crippen molar-refractivity contribution in [3.63, 3.8) is 0 Å². The number of hydrogen-bond acceptors (Lipinski definition) is 3. The zero-order valence-corrected chi connectivity index (χ0v) is 13.4. The first-order chi connectivity index (χ1) is 9.45. The van der Waals surface area contributed by atoms with Gasteiger partial charge >= 0.3 is 131 Å². The molecular formula is C14H16CoN3OS-. The van der Waals surface area contributed by atoms with E-state index in [0.717, 1.165) is 21.5 Å². The summed E-state index contributed by atoms with van der Waals surface area (Å²) in [4.78, 5) is 14.9. The summed E-state index contributed by atoms with van der Waals surface area (Å²) < 4.78 is 0.832. The van der Waals surface area contributed by atoms with E-state index in [4.69, 9.17) is 5.41 Å². The van der Waals surface area contributed by atoms with Gasteiger partial charge in [-0.25, -0.2) is 0 Å². The molecule has 6 heteroatoms. The Kier molecular flexibility index (Phi) is 4.57. The number of carbonyl (C=O) groups excluding carboxylic acids is 1. The van der Waals surface area contributed by atoms with E-state index in [1.165, 1.54) is 18.7 Å². The second-order valence-electron chi connectivity index (χ2n) is 4.39. The summed E-state index contributed by atoms with van der Waals surface area (Å²) in [6.45, 7) is 3.49. The Hall–Kier alpha value is -1.24. The maximum absolute atomic E-state index is 11.5. The molecule has 0 saturated carbocycles. The van der Waals surface area contributed by atoms with Crippen molar-refractivity contribution in [2.24, 2.45) is 0 Å². The number of carbonyl (C=O) groups is 1. The number of amides is 1. The molecule has 1 heterocycles. The molecule has 1 aromatic rings. The van der Waals surface area contributed by atoms with Crippen molar-refractivity contribution in [3.05, 3.63) is 30.2 Å². The molecule has 0 aromatic heterocycles. The molecule has 0 spiro atoms. The molecule has 0 aliphatic carbocycles. The van der Waals surface area contributed by atoms with Crippen molar-refractivity contribution in [2.75, 3.05) is 22.6 Å². The number of nitrogens with zero attached hydrogens (tertiary/aromatic N) is 2. The first kappa shape index (κ1) is 15.2. The maximum atomic E-state index is 11.5. The average Bonchev–Trinajstić information content (AvgIpc) is 2.76. The molecule has 1 amide bonds. The summed E-state index contributed by atoms with van der Waals surface area (Å²) in [5, 5.41) is 8.49. The van der Waals surface area contributed by atoms with Gasteiger partial charge in [-0.15, -0.1) is 0 Å². The molecule has 4 nitrogen and oxygen atoms in total. The Morgan fingerprint density at radius 2 is 2.25 bits per heavy atom. The van der Waals surface area contributed by atoms with Crippen LogP contribution in [0.2, 0.25) is 0 Å². The van der Waals surface area contributed by atoms with Crippen LogP contribution in [0.3, 0.4) is 0 Å². The molecule has 20 heavy (non-hydrogen) atoms. The standard InChI is InChI=1S/C14H16N3OS.Co/c1-4-11-5-6-12(16(3)10(2)18)9-13(11)17-7-8-19-14(17)15;/h4-6,9,15H,8H2,1-3H3;/q-1;. The van der Waals surface area contributed by atoms with Crippen LogP contribution < -0.4 is 9.80 Å². The summed E-state index contributed by atoms with van der Waals surface area (Å²) in [5.74, 6) is 0.680. The fraction of sp³-hybridized carbons (Fsp3) is 0.286.